The Morgan fingerprint density at radius 3 is 2.00 bits per heavy atom. The summed E-state index contributed by atoms with van der Waals surface area (Å²) in [6.45, 7) is 6.13. The molecule has 0 radical (unpaired) electrons. The minimum atomic E-state index is 0. The average molecular weight is 175 g/mol. The Kier molecular flexibility index (Phi) is 16.3. The molecule has 3 N–H and O–H groups in total. The molecule has 0 aliphatic rings. The third-order valence-electron chi connectivity index (χ3n) is 1.85. The van der Waals surface area contributed by atoms with E-state index in [4.69, 9.17) is 4.74 Å². The van der Waals surface area contributed by atoms with Gasteiger partial charge >= 0.3 is 0 Å². The lowest BCUT2D eigenvalue weighted by atomic mass is 10.1. The normalized spacial score (nSPS) is 9.50. The lowest BCUT2D eigenvalue weighted by molar-refractivity contribution is 0.143. The van der Waals surface area contributed by atoms with Gasteiger partial charge in [0.1, 0.15) is 0 Å². The summed E-state index contributed by atoms with van der Waals surface area (Å²) in [6, 6.07) is 0. The number of ether oxygens (including phenoxy) is 1. The van der Waals surface area contributed by atoms with Gasteiger partial charge in [0.2, 0.25) is 0 Å². The maximum Gasteiger partial charge on any atom is 0.0465 e. The van der Waals surface area contributed by atoms with Gasteiger partial charge in [-0.1, -0.05) is 39.0 Å². The van der Waals surface area contributed by atoms with Gasteiger partial charge in [-0.25, -0.2) is 0 Å². The summed E-state index contributed by atoms with van der Waals surface area (Å²) < 4.78 is 5.24. The van der Waals surface area contributed by atoms with E-state index in [0.29, 0.717) is 0 Å². The van der Waals surface area contributed by atoms with E-state index in [1.165, 1.54) is 38.5 Å². The lowest BCUT2D eigenvalue weighted by Gasteiger charge is -2.00. The summed E-state index contributed by atoms with van der Waals surface area (Å²) in [5, 5.41) is 0. The van der Waals surface area contributed by atoms with E-state index in [1.807, 2.05) is 0 Å². The molecule has 76 valence electrons. The van der Waals surface area contributed by atoms with Crippen LogP contribution in [0, 0.1) is 0 Å². The van der Waals surface area contributed by atoms with Crippen LogP contribution in [0.4, 0.5) is 0 Å². The van der Waals surface area contributed by atoms with Crippen molar-refractivity contribution in [1.82, 2.24) is 6.15 Å². The Balaban J connectivity index is 0. The molecule has 0 amide bonds. The van der Waals surface area contributed by atoms with Gasteiger partial charge in [0.25, 0.3) is 0 Å². The topological polar surface area (TPSA) is 44.2 Å². The minimum absolute atomic E-state index is 0. The molecule has 0 fully saturated rings. The molecule has 0 unspecified atom stereocenters. The Hall–Kier alpha value is -0.0800. The predicted octanol–water partition coefficient (Wildman–Crippen LogP) is 3.55. The summed E-state index contributed by atoms with van der Waals surface area (Å²) in [5.41, 5.74) is 0. The fourth-order valence-corrected chi connectivity index (χ4v) is 1.13. The first-order valence-corrected chi connectivity index (χ1v) is 4.99. The SMILES string of the molecule is CCCCCCCCOCC.N. The van der Waals surface area contributed by atoms with E-state index in [2.05, 4.69) is 13.8 Å². The van der Waals surface area contributed by atoms with Crippen molar-refractivity contribution in [2.45, 2.75) is 52.4 Å². The Morgan fingerprint density at radius 2 is 1.42 bits per heavy atom. The summed E-state index contributed by atoms with van der Waals surface area (Å²) >= 11 is 0. The zero-order valence-electron chi connectivity index (χ0n) is 8.77. The second-order valence-electron chi connectivity index (χ2n) is 2.96. The van der Waals surface area contributed by atoms with Gasteiger partial charge < -0.3 is 10.9 Å². The second kappa shape index (κ2) is 13.5. The molecule has 0 spiro atoms. The molecule has 2 heteroatoms. The van der Waals surface area contributed by atoms with Crippen molar-refractivity contribution in [2.24, 2.45) is 0 Å². The molecule has 0 saturated carbocycles. The lowest BCUT2D eigenvalue weighted by Crippen LogP contribution is -1.92. The number of hydrogen-bond donors (Lipinski definition) is 1. The molecule has 0 aromatic carbocycles. The van der Waals surface area contributed by atoms with Crippen LogP contribution in [0.3, 0.4) is 0 Å². The van der Waals surface area contributed by atoms with Gasteiger partial charge in [-0.2, -0.15) is 0 Å². The molecule has 0 bridgehead atoms. The monoisotopic (exact) mass is 175 g/mol. The van der Waals surface area contributed by atoms with Crippen LogP contribution in [0.5, 0.6) is 0 Å². The molecule has 0 atom stereocenters. The van der Waals surface area contributed by atoms with Crippen LogP contribution in [0.1, 0.15) is 52.4 Å². The first kappa shape index (κ1) is 14.4. The largest absolute Gasteiger partial charge is 0.382 e. The Bertz CT molecular complexity index is 58.9. The molecule has 0 aliphatic heterocycles. The van der Waals surface area contributed by atoms with Gasteiger partial charge in [0, 0.05) is 13.2 Å². The van der Waals surface area contributed by atoms with E-state index in [0.717, 1.165) is 13.2 Å². The van der Waals surface area contributed by atoms with Gasteiger partial charge in [-0.15, -0.1) is 0 Å². The van der Waals surface area contributed by atoms with Crippen LogP contribution in [-0.4, -0.2) is 13.2 Å². The fourth-order valence-electron chi connectivity index (χ4n) is 1.13. The highest BCUT2D eigenvalue weighted by Crippen LogP contribution is 2.04. The third kappa shape index (κ3) is 12.6. The van der Waals surface area contributed by atoms with Crippen molar-refractivity contribution >= 4 is 0 Å². The van der Waals surface area contributed by atoms with E-state index < -0.39 is 0 Å². The molecule has 0 rings (SSSR count). The molecule has 0 aliphatic carbocycles. The predicted molar refractivity (Wildman–Crippen MR) is 54.9 cm³/mol. The summed E-state index contributed by atoms with van der Waals surface area (Å²) in [7, 11) is 0. The average Bonchev–Trinajstić information content (AvgIpc) is 2.03. The van der Waals surface area contributed by atoms with E-state index in [1.54, 1.807) is 0 Å². The molecule has 0 saturated heterocycles. The zero-order valence-corrected chi connectivity index (χ0v) is 8.77. The van der Waals surface area contributed by atoms with E-state index in [9.17, 15) is 0 Å². The third-order valence-corrected chi connectivity index (χ3v) is 1.85. The number of unbranched alkanes of at least 4 members (excludes halogenated alkanes) is 5. The van der Waals surface area contributed by atoms with Crippen LogP contribution < -0.4 is 6.15 Å². The number of hydrogen-bond acceptors (Lipinski definition) is 2. The molecule has 0 aromatic heterocycles. The highest BCUT2D eigenvalue weighted by Gasteiger charge is 1.88. The first-order chi connectivity index (χ1) is 5.41. The van der Waals surface area contributed by atoms with Gasteiger partial charge in [-0.3, -0.25) is 0 Å². The fraction of sp³-hybridized carbons (Fsp3) is 1.00. The van der Waals surface area contributed by atoms with E-state index >= 15 is 0 Å². The van der Waals surface area contributed by atoms with Crippen LogP contribution in [0.2, 0.25) is 0 Å². The van der Waals surface area contributed by atoms with Crippen LogP contribution >= 0.6 is 0 Å². The van der Waals surface area contributed by atoms with Crippen LogP contribution in [0.25, 0.3) is 0 Å². The minimum Gasteiger partial charge on any atom is -0.382 e. The van der Waals surface area contributed by atoms with Gasteiger partial charge in [0.05, 0.1) is 0 Å². The quantitative estimate of drug-likeness (QED) is 0.573. The van der Waals surface area contributed by atoms with Crippen molar-refractivity contribution in [2.75, 3.05) is 13.2 Å². The highest BCUT2D eigenvalue weighted by molar-refractivity contribution is 4.42. The standard InChI is InChI=1S/C10H22O.H3N/c1-3-5-6-7-8-9-10-11-4-2;/h3-10H2,1-2H3;1H3. The van der Waals surface area contributed by atoms with Gasteiger partial charge in [0.15, 0.2) is 0 Å². The smallest absolute Gasteiger partial charge is 0.0465 e. The highest BCUT2D eigenvalue weighted by atomic mass is 16.5. The molecular weight excluding hydrogens is 150 g/mol. The number of rotatable bonds is 8. The molecular formula is C10H25NO. The van der Waals surface area contributed by atoms with Crippen molar-refractivity contribution in [3.8, 4) is 0 Å². The van der Waals surface area contributed by atoms with Gasteiger partial charge in [-0.05, 0) is 13.3 Å². The first-order valence-electron chi connectivity index (χ1n) is 4.99. The van der Waals surface area contributed by atoms with Crippen molar-refractivity contribution < 1.29 is 4.74 Å². The second-order valence-corrected chi connectivity index (χ2v) is 2.96. The summed E-state index contributed by atoms with van der Waals surface area (Å²) in [4.78, 5) is 0. The van der Waals surface area contributed by atoms with Crippen LogP contribution in [-0.2, 0) is 4.74 Å². The molecule has 0 aromatic rings. The maximum atomic E-state index is 5.24. The Labute approximate surface area is 77.3 Å². The van der Waals surface area contributed by atoms with Crippen LogP contribution in [0.15, 0.2) is 0 Å². The maximum absolute atomic E-state index is 5.24. The van der Waals surface area contributed by atoms with Crippen molar-refractivity contribution in [3.05, 3.63) is 0 Å². The van der Waals surface area contributed by atoms with Crippen molar-refractivity contribution in [3.63, 3.8) is 0 Å². The van der Waals surface area contributed by atoms with E-state index in [-0.39, 0.29) is 6.15 Å². The molecule has 2 nitrogen and oxygen atoms in total. The Morgan fingerprint density at radius 1 is 0.833 bits per heavy atom. The van der Waals surface area contributed by atoms with Crippen molar-refractivity contribution in [1.29, 1.82) is 0 Å². The molecule has 0 heterocycles. The zero-order chi connectivity index (χ0) is 8.36. The summed E-state index contributed by atoms with van der Waals surface area (Å²) in [6.07, 6.45) is 8.13. The molecule has 12 heavy (non-hydrogen) atoms. The summed E-state index contributed by atoms with van der Waals surface area (Å²) in [5.74, 6) is 0.